The van der Waals surface area contributed by atoms with E-state index in [0.717, 1.165) is 42.9 Å². The van der Waals surface area contributed by atoms with Gasteiger partial charge in [-0.1, -0.05) is 0 Å². The first-order valence-electron chi connectivity index (χ1n) is 9.21. The van der Waals surface area contributed by atoms with Gasteiger partial charge in [-0.2, -0.15) is 0 Å². The molecule has 0 unspecified atom stereocenters. The van der Waals surface area contributed by atoms with Crippen LogP contribution in [0, 0.1) is 22.2 Å². The maximum atomic E-state index is 14.2. The molecule has 1 N–H and O–H groups in total. The number of imidazole rings is 1. The molecule has 140 valence electrons. The topological polar surface area (TPSA) is 24.0 Å². The fourth-order valence-electron chi connectivity index (χ4n) is 4.30. The van der Waals surface area contributed by atoms with Crippen LogP contribution < -0.4 is 0 Å². The molecule has 26 heavy (non-hydrogen) atoms. The van der Waals surface area contributed by atoms with Gasteiger partial charge in [0.15, 0.2) is 16.4 Å². The Morgan fingerprint density at radius 2 is 1.85 bits per heavy atom. The minimum Gasteiger partial charge on any atom is -0.334 e. The Labute approximate surface area is 155 Å². The lowest BCUT2D eigenvalue weighted by Gasteiger charge is -2.14. The number of fused-ring (bicyclic) bond motifs is 1. The number of nitrogens with one attached hydrogen (secondary N) is 1. The van der Waals surface area contributed by atoms with Crippen LogP contribution in [0.15, 0.2) is 12.1 Å². The number of hydrogen-bond donors (Lipinski definition) is 1. The summed E-state index contributed by atoms with van der Waals surface area (Å²) in [5, 5.41) is 0. The van der Waals surface area contributed by atoms with Gasteiger partial charge >= 0.3 is 0 Å². The summed E-state index contributed by atoms with van der Waals surface area (Å²) in [6.45, 7) is 3.78. The van der Waals surface area contributed by atoms with E-state index in [1.807, 2.05) is 4.57 Å². The molecule has 7 heteroatoms. The first-order chi connectivity index (χ1) is 12.5. The van der Waals surface area contributed by atoms with Gasteiger partial charge in [0.05, 0.1) is 0 Å². The standard InChI is InChI=1S/C19H22F3N3S/c20-13-5-6-14(21)18(22)17(13)12-10-16-15(23-19(26)25(16)11-12)4-3-9-24-7-1-2-8-24/h5-6,12H,1-4,7-11H2,(H,23,26)/t12-/m0/s1. The van der Waals surface area contributed by atoms with Crippen LogP contribution in [-0.2, 0) is 19.4 Å². The van der Waals surface area contributed by atoms with Crippen molar-refractivity contribution in [2.75, 3.05) is 19.6 Å². The number of hydrogen-bond acceptors (Lipinski definition) is 2. The molecule has 1 fully saturated rings. The lowest BCUT2D eigenvalue weighted by atomic mass is 9.95. The average Bonchev–Trinajstić information content (AvgIpc) is 3.32. The zero-order chi connectivity index (χ0) is 18.3. The Bertz CT molecular complexity index is 868. The third-order valence-electron chi connectivity index (χ3n) is 5.61. The summed E-state index contributed by atoms with van der Waals surface area (Å²) in [6, 6.07) is 1.83. The molecule has 0 amide bonds. The van der Waals surface area contributed by atoms with Crippen molar-refractivity contribution in [2.45, 2.75) is 44.6 Å². The summed E-state index contributed by atoms with van der Waals surface area (Å²) in [7, 11) is 0. The maximum Gasteiger partial charge on any atom is 0.177 e. The van der Waals surface area contributed by atoms with Crippen LogP contribution >= 0.6 is 12.2 Å². The molecule has 0 spiro atoms. The molecule has 0 bridgehead atoms. The van der Waals surface area contributed by atoms with Crippen molar-refractivity contribution in [2.24, 2.45) is 0 Å². The van der Waals surface area contributed by atoms with Crippen molar-refractivity contribution in [1.82, 2.24) is 14.5 Å². The normalized spacial score (nSPS) is 20.0. The Morgan fingerprint density at radius 1 is 1.12 bits per heavy atom. The summed E-state index contributed by atoms with van der Waals surface area (Å²) in [4.78, 5) is 5.71. The first-order valence-corrected chi connectivity index (χ1v) is 9.61. The number of rotatable bonds is 5. The molecule has 2 aliphatic heterocycles. The van der Waals surface area contributed by atoms with E-state index in [-0.39, 0.29) is 5.56 Å². The predicted octanol–water partition coefficient (Wildman–Crippen LogP) is 4.33. The van der Waals surface area contributed by atoms with E-state index in [1.54, 1.807) is 0 Å². The largest absolute Gasteiger partial charge is 0.334 e. The Balaban J connectivity index is 1.50. The molecule has 0 radical (unpaired) electrons. The van der Waals surface area contributed by atoms with Crippen LogP contribution in [0.5, 0.6) is 0 Å². The van der Waals surface area contributed by atoms with Crippen molar-refractivity contribution in [3.05, 3.63) is 51.3 Å². The number of nitrogens with zero attached hydrogens (tertiary/aromatic N) is 2. The smallest absolute Gasteiger partial charge is 0.177 e. The van der Waals surface area contributed by atoms with E-state index < -0.39 is 23.4 Å². The molecule has 3 heterocycles. The number of likely N-dealkylation sites (tertiary alicyclic amines) is 1. The lowest BCUT2D eigenvalue weighted by Crippen LogP contribution is -2.20. The summed E-state index contributed by atoms with van der Waals surface area (Å²) in [5.74, 6) is -3.19. The van der Waals surface area contributed by atoms with E-state index in [4.69, 9.17) is 12.2 Å². The molecule has 2 aliphatic rings. The Morgan fingerprint density at radius 3 is 2.62 bits per heavy atom. The van der Waals surface area contributed by atoms with Crippen molar-refractivity contribution in [3.8, 4) is 0 Å². The molecule has 3 nitrogen and oxygen atoms in total. The SMILES string of the molecule is Fc1ccc(F)c([C@H]2Cc3c(CCCN4CCCC4)[nH]c(=S)n3C2)c1F. The molecular weight excluding hydrogens is 359 g/mol. The fraction of sp³-hybridized carbons (Fsp3) is 0.526. The van der Waals surface area contributed by atoms with Gasteiger partial charge in [-0.25, -0.2) is 13.2 Å². The van der Waals surface area contributed by atoms with E-state index >= 15 is 0 Å². The second-order valence-corrected chi connectivity index (χ2v) is 7.66. The number of H-pyrrole nitrogens is 1. The number of aryl methyl sites for hydroxylation is 1. The summed E-state index contributed by atoms with van der Waals surface area (Å²) >= 11 is 5.39. The monoisotopic (exact) mass is 381 g/mol. The molecule has 1 saturated heterocycles. The molecule has 0 saturated carbocycles. The highest BCUT2D eigenvalue weighted by Crippen LogP contribution is 2.35. The zero-order valence-electron chi connectivity index (χ0n) is 14.5. The number of aromatic amines is 1. The Kier molecular flexibility index (Phi) is 4.92. The van der Waals surface area contributed by atoms with E-state index in [9.17, 15) is 13.2 Å². The minimum absolute atomic E-state index is 0.161. The number of benzene rings is 1. The second-order valence-electron chi connectivity index (χ2n) is 7.28. The lowest BCUT2D eigenvalue weighted by molar-refractivity contribution is 0.333. The minimum atomic E-state index is -1.08. The third-order valence-corrected chi connectivity index (χ3v) is 5.93. The van der Waals surface area contributed by atoms with Crippen LogP contribution in [0.3, 0.4) is 0 Å². The first kappa shape index (κ1) is 17.8. The molecule has 2 aromatic rings. The summed E-state index contributed by atoms with van der Waals surface area (Å²) in [6.07, 6.45) is 4.91. The summed E-state index contributed by atoms with van der Waals surface area (Å²) in [5.41, 5.74) is 1.89. The fourth-order valence-corrected chi connectivity index (χ4v) is 4.61. The quantitative estimate of drug-likeness (QED) is 0.616. The highest BCUT2D eigenvalue weighted by molar-refractivity contribution is 7.71. The predicted molar refractivity (Wildman–Crippen MR) is 96.4 cm³/mol. The maximum absolute atomic E-state index is 14.2. The van der Waals surface area contributed by atoms with Crippen LogP contribution in [0.25, 0.3) is 0 Å². The van der Waals surface area contributed by atoms with Gasteiger partial charge in [0.1, 0.15) is 5.82 Å². The molecule has 4 rings (SSSR count). The van der Waals surface area contributed by atoms with Crippen LogP contribution in [0.1, 0.15) is 42.1 Å². The van der Waals surface area contributed by atoms with Gasteiger partial charge in [0.2, 0.25) is 0 Å². The highest BCUT2D eigenvalue weighted by Gasteiger charge is 2.31. The van der Waals surface area contributed by atoms with Crippen LogP contribution in [0.2, 0.25) is 0 Å². The van der Waals surface area contributed by atoms with Crippen LogP contribution in [-0.4, -0.2) is 34.1 Å². The second kappa shape index (κ2) is 7.19. The van der Waals surface area contributed by atoms with Gasteiger partial charge < -0.3 is 14.5 Å². The molecule has 0 aliphatic carbocycles. The highest BCUT2D eigenvalue weighted by atomic mass is 32.1. The van der Waals surface area contributed by atoms with Crippen molar-refractivity contribution < 1.29 is 13.2 Å². The van der Waals surface area contributed by atoms with E-state index in [1.165, 1.54) is 25.9 Å². The van der Waals surface area contributed by atoms with Gasteiger partial charge in [0, 0.05) is 29.4 Å². The van der Waals surface area contributed by atoms with E-state index in [0.29, 0.717) is 17.7 Å². The van der Waals surface area contributed by atoms with Gasteiger partial charge in [-0.05, 0) is 76.1 Å². The van der Waals surface area contributed by atoms with Gasteiger partial charge in [0.25, 0.3) is 0 Å². The average molecular weight is 381 g/mol. The van der Waals surface area contributed by atoms with Gasteiger partial charge in [-0.15, -0.1) is 0 Å². The molecule has 1 atom stereocenters. The number of halogens is 3. The van der Waals surface area contributed by atoms with Crippen molar-refractivity contribution in [1.29, 1.82) is 0 Å². The van der Waals surface area contributed by atoms with E-state index in [2.05, 4.69) is 9.88 Å². The zero-order valence-corrected chi connectivity index (χ0v) is 15.3. The third kappa shape index (κ3) is 3.22. The van der Waals surface area contributed by atoms with Crippen molar-refractivity contribution >= 4 is 12.2 Å². The van der Waals surface area contributed by atoms with Crippen LogP contribution in [0.4, 0.5) is 13.2 Å². The molecule has 1 aromatic carbocycles. The molecule has 1 aromatic heterocycles. The number of aromatic nitrogens is 2. The summed E-state index contributed by atoms with van der Waals surface area (Å²) < 4.78 is 44.3. The Hall–Kier alpha value is -1.60. The van der Waals surface area contributed by atoms with Gasteiger partial charge in [-0.3, -0.25) is 0 Å². The van der Waals surface area contributed by atoms with Crippen molar-refractivity contribution in [3.63, 3.8) is 0 Å². The molecular formula is C19H22F3N3S.